The number of rotatable bonds is 1. The molecular formula is C9H12O. The zero-order valence-corrected chi connectivity index (χ0v) is 6.21. The zero-order chi connectivity index (χ0) is 6.97. The van der Waals surface area contributed by atoms with Crippen LogP contribution < -0.4 is 0 Å². The Morgan fingerprint density at radius 3 is 2.80 bits per heavy atom. The molecule has 2 rings (SSSR count). The molecule has 1 aromatic rings. The van der Waals surface area contributed by atoms with E-state index < -0.39 is 0 Å². The van der Waals surface area contributed by atoms with E-state index in [4.69, 9.17) is 4.42 Å². The van der Waals surface area contributed by atoms with E-state index >= 15 is 0 Å². The molecular weight excluding hydrogens is 124 g/mol. The molecule has 10 heavy (non-hydrogen) atoms. The van der Waals surface area contributed by atoms with E-state index in [-0.39, 0.29) is 0 Å². The Balaban J connectivity index is 2.14. The summed E-state index contributed by atoms with van der Waals surface area (Å²) in [4.78, 5) is 0. The van der Waals surface area contributed by atoms with Crippen molar-refractivity contribution in [2.24, 2.45) is 5.92 Å². The van der Waals surface area contributed by atoms with Crippen molar-refractivity contribution < 1.29 is 4.42 Å². The average molecular weight is 136 g/mol. The van der Waals surface area contributed by atoms with Gasteiger partial charge in [0.25, 0.3) is 0 Å². The summed E-state index contributed by atoms with van der Waals surface area (Å²) in [6, 6.07) is 2.08. The normalized spacial score (nSPS) is 31.7. The summed E-state index contributed by atoms with van der Waals surface area (Å²) in [7, 11) is 0. The minimum absolute atomic E-state index is 0.791. The standard InChI is InChI=1S/C9H12O/c1-7-2-3-9(7)8-4-5-10-6-8/h4-7,9H,2-3H2,1H3. The molecule has 1 nitrogen and oxygen atoms in total. The average Bonchev–Trinajstić information content (AvgIpc) is 2.37. The second kappa shape index (κ2) is 2.15. The fraction of sp³-hybridized carbons (Fsp3) is 0.556. The van der Waals surface area contributed by atoms with Crippen LogP contribution >= 0.6 is 0 Å². The molecule has 2 unspecified atom stereocenters. The van der Waals surface area contributed by atoms with Gasteiger partial charge in [-0.15, -0.1) is 0 Å². The van der Waals surface area contributed by atoms with Crippen molar-refractivity contribution in [3.05, 3.63) is 24.2 Å². The first-order valence-electron chi connectivity index (χ1n) is 3.90. The van der Waals surface area contributed by atoms with Crippen LogP contribution in [0.1, 0.15) is 31.2 Å². The third kappa shape index (κ3) is 0.772. The molecule has 0 radical (unpaired) electrons. The summed E-state index contributed by atoms with van der Waals surface area (Å²) in [6.07, 6.45) is 6.37. The van der Waals surface area contributed by atoms with Crippen LogP contribution in [0.25, 0.3) is 0 Å². The molecule has 0 bridgehead atoms. The van der Waals surface area contributed by atoms with Crippen LogP contribution in [0, 0.1) is 5.92 Å². The second-order valence-corrected chi connectivity index (χ2v) is 3.22. The molecule has 0 amide bonds. The summed E-state index contributed by atoms with van der Waals surface area (Å²) in [5.74, 6) is 1.66. The molecule has 1 heterocycles. The van der Waals surface area contributed by atoms with E-state index in [1.807, 2.05) is 6.26 Å². The largest absolute Gasteiger partial charge is 0.472 e. The van der Waals surface area contributed by atoms with Gasteiger partial charge in [0.2, 0.25) is 0 Å². The van der Waals surface area contributed by atoms with Crippen LogP contribution in [0.15, 0.2) is 23.0 Å². The minimum Gasteiger partial charge on any atom is -0.472 e. The maximum atomic E-state index is 5.02. The second-order valence-electron chi connectivity index (χ2n) is 3.22. The predicted molar refractivity (Wildman–Crippen MR) is 39.8 cm³/mol. The van der Waals surface area contributed by atoms with Crippen LogP contribution in [-0.2, 0) is 0 Å². The van der Waals surface area contributed by atoms with Crippen LogP contribution in [-0.4, -0.2) is 0 Å². The summed E-state index contributed by atoms with van der Waals surface area (Å²) in [5, 5.41) is 0. The third-order valence-corrected chi connectivity index (χ3v) is 2.59. The van der Waals surface area contributed by atoms with Gasteiger partial charge < -0.3 is 4.42 Å². The fourth-order valence-corrected chi connectivity index (χ4v) is 1.65. The lowest BCUT2D eigenvalue weighted by Gasteiger charge is -2.32. The highest BCUT2D eigenvalue weighted by molar-refractivity contribution is 5.16. The maximum absolute atomic E-state index is 5.02. The Morgan fingerprint density at radius 2 is 2.40 bits per heavy atom. The highest BCUT2D eigenvalue weighted by Crippen LogP contribution is 2.41. The van der Waals surface area contributed by atoms with Crippen LogP contribution in [0.4, 0.5) is 0 Å². The highest BCUT2D eigenvalue weighted by atomic mass is 16.3. The maximum Gasteiger partial charge on any atom is 0.0937 e. The molecule has 0 N–H and O–H groups in total. The van der Waals surface area contributed by atoms with Gasteiger partial charge in [0.1, 0.15) is 0 Å². The molecule has 0 saturated heterocycles. The predicted octanol–water partition coefficient (Wildman–Crippen LogP) is 2.79. The molecule has 1 heteroatoms. The zero-order valence-electron chi connectivity index (χ0n) is 6.21. The monoisotopic (exact) mass is 136 g/mol. The van der Waals surface area contributed by atoms with Crippen LogP contribution in [0.3, 0.4) is 0 Å². The van der Waals surface area contributed by atoms with Crippen LogP contribution in [0.5, 0.6) is 0 Å². The Kier molecular flexibility index (Phi) is 1.30. The fourth-order valence-electron chi connectivity index (χ4n) is 1.65. The number of furan rings is 1. The van der Waals surface area contributed by atoms with Gasteiger partial charge in [-0.25, -0.2) is 0 Å². The Morgan fingerprint density at radius 1 is 1.50 bits per heavy atom. The molecule has 0 spiro atoms. The topological polar surface area (TPSA) is 13.1 Å². The van der Waals surface area contributed by atoms with E-state index in [2.05, 4.69) is 13.0 Å². The molecule has 1 saturated carbocycles. The van der Waals surface area contributed by atoms with E-state index in [0.29, 0.717) is 0 Å². The molecule has 1 aliphatic carbocycles. The SMILES string of the molecule is CC1CCC1c1ccoc1. The van der Waals surface area contributed by atoms with Crippen molar-refractivity contribution in [2.75, 3.05) is 0 Å². The van der Waals surface area contributed by atoms with Gasteiger partial charge in [-0.1, -0.05) is 6.92 Å². The number of hydrogen-bond acceptors (Lipinski definition) is 1. The van der Waals surface area contributed by atoms with Gasteiger partial charge >= 0.3 is 0 Å². The van der Waals surface area contributed by atoms with Crippen LogP contribution in [0.2, 0.25) is 0 Å². The molecule has 1 aromatic heterocycles. The van der Waals surface area contributed by atoms with E-state index in [0.717, 1.165) is 11.8 Å². The molecule has 2 atom stereocenters. The van der Waals surface area contributed by atoms with Gasteiger partial charge in [0.05, 0.1) is 12.5 Å². The first-order chi connectivity index (χ1) is 4.88. The lowest BCUT2D eigenvalue weighted by atomic mass is 9.72. The lowest BCUT2D eigenvalue weighted by molar-refractivity contribution is 0.279. The van der Waals surface area contributed by atoms with Gasteiger partial charge in [0.15, 0.2) is 0 Å². The van der Waals surface area contributed by atoms with Crippen molar-refractivity contribution in [3.8, 4) is 0 Å². The summed E-state index contributed by atoms with van der Waals surface area (Å²) in [6.45, 7) is 2.31. The van der Waals surface area contributed by atoms with Crippen molar-refractivity contribution >= 4 is 0 Å². The first-order valence-corrected chi connectivity index (χ1v) is 3.90. The summed E-state index contributed by atoms with van der Waals surface area (Å²) >= 11 is 0. The molecule has 1 fully saturated rings. The van der Waals surface area contributed by atoms with E-state index in [1.54, 1.807) is 6.26 Å². The smallest absolute Gasteiger partial charge is 0.0937 e. The van der Waals surface area contributed by atoms with Crippen molar-refractivity contribution in [1.29, 1.82) is 0 Å². The molecule has 0 aliphatic heterocycles. The van der Waals surface area contributed by atoms with E-state index in [1.165, 1.54) is 18.4 Å². The van der Waals surface area contributed by atoms with E-state index in [9.17, 15) is 0 Å². The summed E-state index contributed by atoms with van der Waals surface area (Å²) < 4.78 is 5.02. The lowest BCUT2D eigenvalue weighted by Crippen LogP contribution is -2.19. The third-order valence-electron chi connectivity index (χ3n) is 2.59. The van der Waals surface area contributed by atoms with Gasteiger partial charge in [-0.3, -0.25) is 0 Å². The molecule has 1 aliphatic rings. The first kappa shape index (κ1) is 6.02. The molecule has 54 valence electrons. The Bertz CT molecular complexity index is 201. The van der Waals surface area contributed by atoms with Crippen molar-refractivity contribution in [3.63, 3.8) is 0 Å². The molecule has 0 aromatic carbocycles. The van der Waals surface area contributed by atoms with Gasteiger partial charge in [-0.05, 0) is 36.3 Å². The number of hydrogen-bond donors (Lipinski definition) is 0. The van der Waals surface area contributed by atoms with Gasteiger partial charge in [0, 0.05) is 0 Å². The van der Waals surface area contributed by atoms with Crippen molar-refractivity contribution in [2.45, 2.75) is 25.7 Å². The van der Waals surface area contributed by atoms with Gasteiger partial charge in [-0.2, -0.15) is 0 Å². The summed E-state index contributed by atoms with van der Waals surface area (Å²) in [5.41, 5.74) is 1.39. The Hall–Kier alpha value is -0.720. The highest BCUT2D eigenvalue weighted by Gasteiger charge is 2.28. The minimum atomic E-state index is 0.791. The van der Waals surface area contributed by atoms with Crippen molar-refractivity contribution in [1.82, 2.24) is 0 Å². The Labute approximate surface area is 61.0 Å². The quantitative estimate of drug-likeness (QED) is 0.578.